The number of rotatable bonds is 4. The molecule has 2 aromatic rings. The summed E-state index contributed by atoms with van der Waals surface area (Å²) < 4.78 is 16.1. The molecule has 4 nitrogen and oxygen atoms in total. The molecule has 0 bridgehead atoms. The van der Waals surface area contributed by atoms with E-state index < -0.39 is 0 Å². The van der Waals surface area contributed by atoms with E-state index in [1.54, 1.807) is 0 Å². The first-order valence-corrected chi connectivity index (χ1v) is 8.39. The summed E-state index contributed by atoms with van der Waals surface area (Å²) in [5.41, 5.74) is 1.10. The topological polar surface area (TPSA) is 34.0 Å². The number of hydrogen-bond acceptors (Lipinski definition) is 3. The fraction of sp³-hybridized carbons (Fsp3) is 0.500. The van der Waals surface area contributed by atoms with Crippen molar-refractivity contribution in [3.8, 4) is 0 Å². The van der Waals surface area contributed by atoms with E-state index in [0.29, 0.717) is 10.4 Å². The van der Waals surface area contributed by atoms with Gasteiger partial charge >= 0.3 is 0 Å². The van der Waals surface area contributed by atoms with Crippen molar-refractivity contribution >= 4 is 15.9 Å². The van der Waals surface area contributed by atoms with Gasteiger partial charge in [-0.2, -0.15) is 0 Å². The minimum Gasteiger partial charge on any atom is -0.313 e. The first kappa shape index (κ1) is 15.6. The predicted octanol–water partition coefficient (Wildman–Crippen LogP) is 3.39. The van der Waals surface area contributed by atoms with Crippen LogP contribution in [0.1, 0.15) is 31.1 Å². The summed E-state index contributed by atoms with van der Waals surface area (Å²) in [5.74, 6) is 2.49. The molecular weight excluding hydrogens is 347 g/mol. The average Bonchev–Trinajstić information content (AvgIpc) is 2.85. The molecule has 1 aromatic heterocycles. The van der Waals surface area contributed by atoms with Crippen LogP contribution in [0, 0.1) is 11.7 Å². The van der Waals surface area contributed by atoms with E-state index in [1.165, 1.54) is 6.07 Å². The Kier molecular flexibility index (Phi) is 4.59. The molecule has 118 valence electrons. The molecule has 0 saturated heterocycles. The number of benzene rings is 1. The molecule has 2 heterocycles. The highest BCUT2D eigenvalue weighted by atomic mass is 79.9. The number of halogens is 2. The summed E-state index contributed by atoms with van der Waals surface area (Å²) in [5, 5.41) is 8.67. The quantitative estimate of drug-likeness (QED) is 0.831. The first-order chi connectivity index (χ1) is 10.5. The zero-order chi connectivity index (χ0) is 15.7. The largest absolute Gasteiger partial charge is 0.313 e. The van der Waals surface area contributed by atoms with Crippen LogP contribution >= 0.6 is 15.9 Å². The van der Waals surface area contributed by atoms with Gasteiger partial charge in [-0.3, -0.25) is 4.90 Å². The minimum absolute atomic E-state index is 0.222. The van der Waals surface area contributed by atoms with Gasteiger partial charge in [0.05, 0.1) is 11.0 Å². The van der Waals surface area contributed by atoms with Crippen molar-refractivity contribution in [1.82, 2.24) is 19.7 Å². The maximum atomic E-state index is 13.3. The smallest absolute Gasteiger partial charge is 0.147 e. The van der Waals surface area contributed by atoms with Gasteiger partial charge in [-0.25, -0.2) is 4.39 Å². The Morgan fingerprint density at radius 3 is 2.82 bits per heavy atom. The first-order valence-electron chi connectivity index (χ1n) is 7.60. The number of aromatic nitrogens is 3. The van der Waals surface area contributed by atoms with Crippen molar-refractivity contribution in [2.75, 3.05) is 6.54 Å². The Labute approximate surface area is 138 Å². The highest BCUT2D eigenvalue weighted by molar-refractivity contribution is 9.10. The van der Waals surface area contributed by atoms with Crippen LogP contribution in [0.4, 0.5) is 4.39 Å². The number of hydrogen-bond donors (Lipinski definition) is 0. The summed E-state index contributed by atoms with van der Waals surface area (Å²) >= 11 is 3.24. The fourth-order valence-electron chi connectivity index (χ4n) is 2.82. The van der Waals surface area contributed by atoms with Crippen molar-refractivity contribution in [2.24, 2.45) is 5.92 Å². The molecule has 0 unspecified atom stereocenters. The summed E-state index contributed by atoms with van der Waals surface area (Å²) in [6.07, 6.45) is 0.970. The zero-order valence-electron chi connectivity index (χ0n) is 12.9. The van der Waals surface area contributed by atoms with Gasteiger partial charge in [0.15, 0.2) is 0 Å². The van der Waals surface area contributed by atoms with Crippen LogP contribution in [-0.4, -0.2) is 26.2 Å². The van der Waals surface area contributed by atoms with Crippen LogP contribution in [-0.2, 0) is 26.1 Å². The van der Waals surface area contributed by atoms with E-state index >= 15 is 0 Å². The molecule has 22 heavy (non-hydrogen) atoms. The number of fused-ring (bicyclic) bond motifs is 1. The summed E-state index contributed by atoms with van der Waals surface area (Å²) in [6.45, 7) is 7.87. The average molecular weight is 367 g/mol. The molecule has 0 fully saturated rings. The lowest BCUT2D eigenvalue weighted by molar-refractivity contribution is 0.206. The normalized spacial score (nSPS) is 15.3. The molecular formula is C16H20BrFN4. The third-order valence-electron chi connectivity index (χ3n) is 3.89. The van der Waals surface area contributed by atoms with Crippen LogP contribution < -0.4 is 0 Å². The maximum absolute atomic E-state index is 13.3. The maximum Gasteiger partial charge on any atom is 0.147 e. The second-order valence-electron chi connectivity index (χ2n) is 6.24. The van der Waals surface area contributed by atoms with Gasteiger partial charge in [0.2, 0.25) is 0 Å². The zero-order valence-corrected chi connectivity index (χ0v) is 14.5. The second kappa shape index (κ2) is 6.46. The molecule has 6 heteroatoms. The molecule has 0 N–H and O–H groups in total. The van der Waals surface area contributed by atoms with Gasteiger partial charge in [-0.05, 0) is 39.5 Å². The van der Waals surface area contributed by atoms with E-state index in [1.807, 2.05) is 12.1 Å². The lowest BCUT2D eigenvalue weighted by Gasteiger charge is -2.28. The van der Waals surface area contributed by atoms with Gasteiger partial charge in [-0.15, -0.1) is 10.2 Å². The van der Waals surface area contributed by atoms with E-state index in [4.69, 9.17) is 0 Å². The van der Waals surface area contributed by atoms with E-state index in [0.717, 1.165) is 49.8 Å². The Bertz CT molecular complexity index is 668. The van der Waals surface area contributed by atoms with Crippen molar-refractivity contribution in [1.29, 1.82) is 0 Å². The fourth-order valence-corrected chi connectivity index (χ4v) is 3.24. The van der Waals surface area contributed by atoms with Crippen LogP contribution in [0.15, 0.2) is 22.7 Å². The Morgan fingerprint density at radius 1 is 1.27 bits per heavy atom. The molecule has 0 aliphatic carbocycles. The third kappa shape index (κ3) is 3.38. The SMILES string of the molecule is CC(C)Cc1nnc2n1CCN(Cc1ccc(F)c(Br)c1)C2. The standard InChI is InChI=1S/C16H20BrFN4/c1-11(2)7-15-19-20-16-10-21(5-6-22(15)16)9-12-3-4-14(18)13(17)8-12/h3-4,8,11H,5-7,9-10H2,1-2H3. The minimum atomic E-state index is -0.222. The molecule has 3 rings (SSSR count). The van der Waals surface area contributed by atoms with E-state index in [2.05, 4.69) is 49.4 Å². The highest BCUT2D eigenvalue weighted by Gasteiger charge is 2.21. The summed E-state index contributed by atoms with van der Waals surface area (Å²) in [6, 6.07) is 5.19. The van der Waals surface area contributed by atoms with Gasteiger partial charge in [0, 0.05) is 26.1 Å². The molecule has 1 aliphatic heterocycles. The van der Waals surface area contributed by atoms with E-state index in [9.17, 15) is 4.39 Å². The molecule has 1 aliphatic rings. The Balaban J connectivity index is 1.69. The van der Waals surface area contributed by atoms with Crippen LogP contribution in [0.25, 0.3) is 0 Å². The molecule has 0 amide bonds. The van der Waals surface area contributed by atoms with Crippen molar-refractivity contribution in [3.05, 3.63) is 45.7 Å². The van der Waals surface area contributed by atoms with Crippen molar-refractivity contribution < 1.29 is 4.39 Å². The molecule has 0 atom stereocenters. The summed E-state index contributed by atoms with van der Waals surface area (Å²) in [4.78, 5) is 2.32. The third-order valence-corrected chi connectivity index (χ3v) is 4.50. The Morgan fingerprint density at radius 2 is 2.09 bits per heavy atom. The van der Waals surface area contributed by atoms with Crippen LogP contribution in [0.2, 0.25) is 0 Å². The van der Waals surface area contributed by atoms with Crippen molar-refractivity contribution in [2.45, 2.75) is 39.9 Å². The second-order valence-corrected chi connectivity index (χ2v) is 7.10. The van der Waals surface area contributed by atoms with Gasteiger partial charge in [-0.1, -0.05) is 19.9 Å². The van der Waals surface area contributed by atoms with Gasteiger partial charge in [0.1, 0.15) is 17.5 Å². The highest BCUT2D eigenvalue weighted by Crippen LogP contribution is 2.20. The monoisotopic (exact) mass is 366 g/mol. The number of nitrogens with zero attached hydrogens (tertiary/aromatic N) is 4. The lowest BCUT2D eigenvalue weighted by Crippen LogP contribution is -2.34. The summed E-state index contributed by atoms with van der Waals surface area (Å²) in [7, 11) is 0. The molecule has 0 spiro atoms. The Hall–Kier alpha value is -1.27. The predicted molar refractivity (Wildman–Crippen MR) is 86.8 cm³/mol. The van der Waals surface area contributed by atoms with Gasteiger partial charge in [0.25, 0.3) is 0 Å². The lowest BCUT2D eigenvalue weighted by atomic mass is 10.1. The van der Waals surface area contributed by atoms with Crippen LogP contribution in [0.5, 0.6) is 0 Å². The molecule has 0 saturated carbocycles. The van der Waals surface area contributed by atoms with E-state index in [-0.39, 0.29) is 5.82 Å². The van der Waals surface area contributed by atoms with Crippen molar-refractivity contribution in [3.63, 3.8) is 0 Å². The van der Waals surface area contributed by atoms with Crippen LogP contribution in [0.3, 0.4) is 0 Å². The molecule has 1 aromatic carbocycles. The molecule has 0 radical (unpaired) electrons. The van der Waals surface area contributed by atoms with Gasteiger partial charge < -0.3 is 4.57 Å².